The summed E-state index contributed by atoms with van der Waals surface area (Å²) in [5.74, 6) is -1.25. The lowest BCUT2D eigenvalue weighted by Crippen LogP contribution is -2.14. The molecule has 1 heterocycles. The molecule has 0 saturated carbocycles. The van der Waals surface area contributed by atoms with Crippen LogP contribution < -0.4 is 0 Å². The molecule has 0 aromatic carbocycles. The molecule has 1 aliphatic carbocycles. The van der Waals surface area contributed by atoms with Crippen LogP contribution in [0.15, 0.2) is 0 Å². The third kappa shape index (κ3) is 1.39. The van der Waals surface area contributed by atoms with Gasteiger partial charge in [-0.2, -0.15) is 5.10 Å². The minimum absolute atomic E-state index is 0.284. The summed E-state index contributed by atoms with van der Waals surface area (Å²) in [5.41, 5.74) is 2.16. The number of hydrogen-bond acceptors (Lipinski definition) is 3. The second-order valence-electron chi connectivity index (χ2n) is 3.51. The number of aromatic nitrogens is 2. The molecule has 1 aromatic heterocycles. The van der Waals surface area contributed by atoms with Crippen LogP contribution in [0.5, 0.6) is 0 Å². The summed E-state index contributed by atoms with van der Waals surface area (Å²) < 4.78 is 0. The van der Waals surface area contributed by atoms with Crippen molar-refractivity contribution in [2.75, 3.05) is 0 Å². The van der Waals surface area contributed by atoms with Gasteiger partial charge in [0, 0.05) is 5.69 Å². The van der Waals surface area contributed by atoms with E-state index in [9.17, 15) is 9.90 Å². The van der Waals surface area contributed by atoms with Gasteiger partial charge in [0.05, 0.1) is 0 Å². The number of aliphatic hydroxyl groups excluding tert-OH is 1. The summed E-state index contributed by atoms with van der Waals surface area (Å²) in [6, 6.07) is 0. The number of carboxylic acid groups (broad SMARTS) is 1. The Morgan fingerprint density at radius 3 is 2.86 bits per heavy atom. The first-order valence-electron chi connectivity index (χ1n) is 4.67. The first kappa shape index (κ1) is 9.21. The van der Waals surface area contributed by atoms with Gasteiger partial charge in [-0.05, 0) is 31.2 Å². The van der Waals surface area contributed by atoms with E-state index in [1.165, 1.54) is 0 Å². The predicted molar refractivity (Wildman–Crippen MR) is 47.8 cm³/mol. The molecule has 3 N–H and O–H groups in total. The van der Waals surface area contributed by atoms with E-state index in [1.807, 2.05) is 0 Å². The Morgan fingerprint density at radius 2 is 2.14 bits per heavy atom. The highest BCUT2D eigenvalue weighted by Gasteiger charge is 2.26. The third-order valence-electron chi connectivity index (χ3n) is 2.58. The molecule has 1 unspecified atom stereocenters. The standard InChI is InChI=1S/C9H12N2O3/c12-8(9(13)14)7-5-3-1-2-4-6(5)10-11-7/h8,12H,1-4H2,(H,10,11)(H,13,14). The topological polar surface area (TPSA) is 86.2 Å². The highest BCUT2D eigenvalue weighted by Crippen LogP contribution is 2.25. The molecular formula is C9H12N2O3. The van der Waals surface area contributed by atoms with Crippen LogP contribution in [0.25, 0.3) is 0 Å². The zero-order chi connectivity index (χ0) is 10.1. The molecule has 0 amide bonds. The number of H-pyrrole nitrogens is 1. The molecule has 1 aliphatic rings. The van der Waals surface area contributed by atoms with Crippen LogP contribution in [0.2, 0.25) is 0 Å². The van der Waals surface area contributed by atoms with E-state index < -0.39 is 12.1 Å². The quantitative estimate of drug-likeness (QED) is 0.639. The van der Waals surface area contributed by atoms with Crippen LogP contribution in [0, 0.1) is 0 Å². The molecule has 1 atom stereocenters. The van der Waals surface area contributed by atoms with Crippen molar-refractivity contribution in [3.05, 3.63) is 17.0 Å². The fraction of sp³-hybridized carbons (Fsp3) is 0.556. The van der Waals surface area contributed by atoms with Crippen molar-refractivity contribution in [1.82, 2.24) is 10.2 Å². The Kier molecular flexibility index (Phi) is 2.25. The normalized spacial score (nSPS) is 17.5. The van der Waals surface area contributed by atoms with Crippen molar-refractivity contribution in [2.45, 2.75) is 31.8 Å². The Bertz CT molecular complexity index is 359. The molecule has 0 saturated heterocycles. The second-order valence-corrected chi connectivity index (χ2v) is 3.51. The third-order valence-corrected chi connectivity index (χ3v) is 2.58. The largest absolute Gasteiger partial charge is 0.479 e. The lowest BCUT2D eigenvalue weighted by atomic mass is 9.94. The zero-order valence-electron chi connectivity index (χ0n) is 7.66. The van der Waals surface area contributed by atoms with E-state index in [4.69, 9.17) is 5.11 Å². The van der Waals surface area contributed by atoms with Gasteiger partial charge in [0.25, 0.3) is 0 Å². The first-order chi connectivity index (χ1) is 6.70. The minimum Gasteiger partial charge on any atom is -0.479 e. The predicted octanol–water partition coefficient (Wildman–Crippen LogP) is 0.406. The van der Waals surface area contributed by atoms with E-state index in [0.29, 0.717) is 0 Å². The van der Waals surface area contributed by atoms with Gasteiger partial charge in [-0.3, -0.25) is 5.10 Å². The van der Waals surface area contributed by atoms with Crippen LogP contribution >= 0.6 is 0 Å². The SMILES string of the molecule is O=C(O)C(O)c1n[nH]c2c1CCCC2. The van der Waals surface area contributed by atoms with Crippen molar-refractivity contribution >= 4 is 5.97 Å². The van der Waals surface area contributed by atoms with Gasteiger partial charge in [-0.1, -0.05) is 0 Å². The van der Waals surface area contributed by atoms with E-state index in [0.717, 1.165) is 36.9 Å². The van der Waals surface area contributed by atoms with E-state index in [2.05, 4.69) is 10.2 Å². The molecular weight excluding hydrogens is 184 g/mol. The molecule has 1 aromatic rings. The maximum absolute atomic E-state index is 10.6. The number of aromatic amines is 1. The van der Waals surface area contributed by atoms with Gasteiger partial charge in [-0.25, -0.2) is 4.79 Å². The number of fused-ring (bicyclic) bond motifs is 1. The fourth-order valence-corrected chi connectivity index (χ4v) is 1.85. The van der Waals surface area contributed by atoms with Crippen molar-refractivity contribution in [3.8, 4) is 0 Å². The van der Waals surface area contributed by atoms with Crippen LogP contribution in [0.1, 0.15) is 35.9 Å². The average Bonchev–Trinajstić information content (AvgIpc) is 2.60. The molecule has 0 aliphatic heterocycles. The van der Waals surface area contributed by atoms with Crippen molar-refractivity contribution < 1.29 is 15.0 Å². The second kappa shape index (κ2) is 3.42. The summed E-state index contributed by atoms with van der Waals surface area (Å²) in [6.07, 6.45) is 2.34. The Labute approximate surface area is 80.8 Å². The lowest BCUT2D eigenvalue weighted by molar-refractivity contribution is -0.147. The van der Waals surface area contributed by atoms with Gasteiger partial charge in [0.1, 0.15) is 5.69 Å². The molecule has 0 bridgehead atoms. The summed E-state index contributed by atoms with van der Waals surface area (Å²) >= 11 is 0. The molecule has 0 fully saturated rings. The molecule has 5 nitrogen and oxygen atoms in total. The molecule has 5 heteroatoms. The van der Waals surface area contributed by atoms with E-state index in [-0.39, 0.29) is 5.69 Å². The highest BCUT2D eigenvalue weighted by molar-refractivity contribution is 5.74. The number of nitrogens with zero attached hydrogens (tertiary/aromatic N) is 1. The molecule has 2 rings (SSSR count). The van der Waals surface area contributed by atoms with Crippen molar-refractivity contribution in [3.63, 3.8) is 0 Å². The highest BCUT2D eigenvalue weighted by atomic mass is 16.4. The van der Waals surface area contributed by atoms with Gasteiger partial charge >= 0.3 is 5.97 Å². The Balaban J connectivity index is 2.34. The number of rotatable bonds is 2. The lowest BCUT2D eigenvalue weighted by Gasteiger charge is -2.12. The summed E-state index contributed by atoms with van der Waals surface area (Å²) in [7, 11) is 0. The Morgan fingerprint density at radius 1 is 1.43 bits per heavy atom. The minimum atomic E-state index is -1.49. The fourth-order valence-electron chi connectivity index (χ4n) is 1.85. The van der Waals surface area contributed by atoms with E-state index in [1.54, 1.807) is 0 Å². The monoisotopic (exact) mass is 196 g/mol. The maximum atomic E-state index is 10.6. The molecule has 0 radical (unpaired) electrons. The van der Waals surface area contributed by atoms with Crippen molar-refractivity contribution in [2.24, 2.45) is 0 Å². The molecule has 76 valence electrons. The first-order valence-corrected chi connectivity index (χ1v) is 4.67. The van der Waals surface area contributed by atoms with Gasteiger partial charge in [-0.15, -0.1) is 0 Å². The smallest absolute Gasteiger partial charge is 0.338 e. The van der Waals surface area contributed by atoms with E-state index >= 15 is 0 Å². The summed E-state index contributed by atoms with van der Waals surface area (Å²) in [4.78, 5) is 10.6. The van der Waals surface area contributed by atoms with Gasteiger partial charge in [0.15, 0.2) is 6.10 Å². The van der Waals surface area contributed by atoms with Crippen LogP contribution in [-0.2, 0) is 17.6 Å². The zero-order valence-corrected chi connectivity index (χ0v) is 7.66. The summed E-state index contributed by atoms with van der Waals surface area (Å²) in [6.45, 7) is 0. The van der Waals surface area contributed by atoms with Crippen LogP contribution in [-0.4, -0.2) is 26.4 Å². The summed E-state index contributed by atoms with van der Waals surface area (Å²) in [5, 5.41) is 24.7. The van der Waals surface area contributed by atoms with Gasteiger partial charge in [0.2, 0.25) is 0 Å². The molecule has 14 heavy (non-hydrogen) atoms. The number of aliphatic carboxylic acids is 1. The number of aliphatic hydroxyl groups is 1. The van der Waals surface area contributed by atoms with Crippen molar-refractivity contribution in [1.29, 1.82) is 0 Å². The number of carbonyl (C=O) groups is 1. The Hall–Kier alpha value is -1.36. The van der Waals surface area contributed by atoms with Gasteiger partial charge < -0.3 is 10.2 Å². The number of carboxylic acids is 1. The maximum Gasteiger partial charge on any atom is 0.338 e. The number of nitrogens with one attached hydrogen (secondary N) is 1. The molecule has 0 spiro atoms. The number of aryl methyl sites for hydroxylation is 1. The average molecular weight is 196 g/mol. The number of hydrogen-bond donors (Lipinski definition) is 3. The van der Waals surface area contributed by atoms with Crippen LogP contribution in [0.4, 0.5) is 0 Å². The van der Waals surface area contributed by atoms with Crippen LogP contribution in [0.3, 0.4) is 0 Å².